The number of nitrogens with zero attached hydrogens (tertiary/aromatic N) is 1. The van der Waals surface area contributed by atoms with Gasteiger partial charge in [-0.1, -0.05) is 0 Å². The van der Waals surface area contributed by atoms with Gasteiger partial charge in [-0.2, -0.15) is 0 Å². The van der Waals surface area contributed by atoms with Gasteiger partial charge in [0.05, 0.1) is 14.2 Å². The second-order valence-corrected chi connectivity index (χ2v) is 4.24. The van der Waals surface area contributed by atoms with Gasteiger partial charge in [-0.15, -0.1) is 0 Å². The summed E-state index contributed by atoms with van der Waals surface area (Å²) in [7, 11) is 3.15. The number of aromatic nitrogens is 1. The Labute approximate surface area is 122 Å². The van der Waals surface area contributed by atoms with E-state index in [0.29, 0.717) is 23.9 Å². The highest BCUT2D eigenvalue weighted by atomic mass is 16.5. The highest BCUT2D eigenvalue weighted by molar-refractivity contribution is 5.92. The molecule has 0 spiro atoms. The lowest BCUT2D eigenvalue weighted by molar-refractivity contribution is 0.0697. The van der Waals surface area contributed by atoms with E-state index in [2.05, 4.69) is 10.3 Å². The van der Waals surface area contributed by atoms with Crippen LogP contribution in [0.15, 0.2) is 36.5 Å². The minimum absolute atomic E-state index is 0.130. The van der Waals surface area contributed by atoms with E-state index < -0.39 is 5.97 Å². The summed E-state index contributed by atoms with van der Waals surface area (Å²) in [6, 6.07) is 8.53. The molecule has 6 nitrogen and oxygen atoms in total. The average molecular weight is 288 g/mol. The largest absolute Gasteiger partial charge is 0.497 e. The highest BCUT2D eigenvalue weighted by Crippen LogP contribution is 2.25. The normalized spacial score (nSPS) is 10.0. The number of ether oxygens (including phenoxy) is 2. The molecular formula is C15H16N2O4. The van der Waals surface area contributed by atoms with Crippen molar-refractivity contribution in [2.75, 3.05) is 19.5 Å². The molecular weight excluding hydrogens is 272 g/mol. The Morgan fingerprint density at radius 2 is 2.10 bits per heavy atom. The van der Waals surface area contributed by atoms with Crippen LogP contribution in [0, 0.1) is 0 Å². The van der Waals surface area contributed by atoms with Crippen molar-refractivity contribution < 1.29 is 19.4 Å². The van der Waals surface area contributed by atoms with E-state index >= 15 is 0 Å². The van der Waals surface area contributed by atoms with Crippen LogP contribution in [0.5, 0.6) is 11.5 Å². The van der Waals surface area contributed by atoms with Crippen LogP contribution in [0.3, 0.4) is 0 Å². The SMILES string of the molecule is COc1ccc(CNc2ncccc2C(=O)O)c(OC)c1. The first-order valence-electron chi connectivity index (χ1n) is 6.28. The summed E-state index contributed by atoms with van der Waals surface area (Å²) in [5.74, 6) is 0.657. The Hall–Kier alpha value is -2.76. The lowest BCUT2D eigenvalue weighted by Crippen LogP contribution is -2.08. The van der Waals surface area contributed by atoms with Crippen molar-refractivity contribution in [3.05, 3.63) is 47.7 Å². The van der Waals surface area contributed by atoms with Gasteiger partial charge in [0.15, 0.2) is 0 Å². The van der Waals surface area contributed by atoms with Crippen molar-refractivity contribution in [2.45, 2.75) is 6.54 Å². The van der Waals surface area contributed by atoms with Gasteiger partial charge in [0.1, 0.15) is 22.9 Å². The molecule has 0 radical (unpaired) electrons. The lowest BCUT2D eigenvalue weighted by Gasteiger charge is -2.12. The first-order valence-corrected chi connectivity index (χ1v) is 6.28. The third-order valence-electron chi connectivity index (χ3n) is 2.98. The molecule has 1 aromatic heterocycles. The molecule has 2 N–H and O–H groups in total. The number of hydrogen-bond acceptors (Lipinski definition) is 5. The van der Waals surface area contributed by atoms with Crippen molar-refractivity contribution in [3.8, 4) is 11.5 Å². The van der Waals surface area contributed by atoms with Crippen molar-refractivity contribution in [1.29, 1.82) is 0 Å². The van der Waals surface area contributed by atoms with Crippen LogP contribution in [0.2, 0.25) is 0 Å². The number of benzene rings is 1. The summed E-state index contributed by atoms with van der Waals surface area (Å²) >= 11 is 0. The van der Waals surface area contributed by atoms with Crippen molar-refractivity contribution >= 4 is 11.8 Å². The number of rotatable bonds is 6. The number of nitrogens with one attached hydrogen (secondary N) is 1. The molecule has 0 unspecified atom stereocenters. The molecule has 110 valence electrons. The van der Waals surface area contributed by atoms with E-state index in [9.17, 15) is 4.79 Å². The molecule has 2 aromatic rings. The molecule has 0 atom stereocenters. The van der Waals surface area contributed by atoms with Crippen molar-refractivity contribution in [2.24, 2.45) is 0 Å². The molecule has 1 heterocycles. The summed E-state index contributed by atoms with van der Waals surface area (Å²) in [4.78, 5) is 15.2. The molecule has 0 aliphatic carbocycles. The van der Waals surface area contributed by atoms with E-state index in [4.69, 9.17) is 14.6 Å². The first-order chi connectivity index (χ1) is 10.2. The van der Waals surface area contributed by atoms with Gasteiger partial charge in [0.25, 0.3) is 0 Å². The summed E-state index contributed by atoms with van der Waals surface area (Å²) in [6.07, 6.45) is 1.54. The maximum absolute atomic E-state index is 11.1. The predicted octanol–water partition coefficient (Wildman–Crippen LogP) is 2.41. The molecule has 0 bridgehead atoms. The third kappa shape index (κ3) is 3.42. The molecule has 2 rings (SSSR count). The van der Waals surface area contributed by atoms with Crippen LogP contribution in [0.25, 0.3) is 0 Å². The molecule has 21 heavy (non-hydrogen) atoms. The summed E-state index contributed by atoms with van der Waals surface area (Å²) in [6.45, 7) is 0.393. The number of carboxylic acids is 1. The van der Waals surface area contributed by atoms with Crippen LogP contribution in [0.1, 0.15) is 15.9 Å². The Kier molecular flexibility index (Phi) is 4.61. The maximum Gasteiger partial charge on any atom is 0.339 e. The summed E-state index contributed by atoms with van der Waals surface area (Å²) < 4.78 is 10.4. The standard InChI is InChI=1S/C15H16N2O4/c1-20-11-6-5-10(13(8-11)21-2)9-17-14-12(15(18)19)4-3-7-16-14/h3-8H,9H2,1-2H3,(H,16,17)(H,18,19). The van der Waals surface area contributed by atoms with Crippen LogP contribution >= 0.6 is 0 Å². The number of aromatic carboxylic acids is 1. The minimum atomic E-state index is -1.02. The molecule has 0 fully saturated rings. The molecule has 0 saturated heterocycles. The molecule has 6 heteroatoms. The zero-order valence-electron chi connectivity index (χ0n) is 11.8. The Balaban J connectivity index is 2.19. The second kappa shape index (κ2) is 6.60. The number of hydrogen-bond donors (Lipinski definition) is 2. The van der Waals surface area contributed by atoms with Gasteiger partial charge in [0.2, 0.25) is 0 Å². The molecule has 0 aliphatic heterocycles. The van der Waals surface area contributed by atoms with Gasteiger partial charge in [-0.25, -0.2) is 9.78 Å². The Morgan fingerprint density at radius 1 is 1.29 bits per heavy atom. The fourth-order valence-electron chi connectivity index (χ4n) is 1.90. The third-order valence-corrected chi connectivity index (χ3v) is 2.98. The van der Waals surface area contributed by atoms with Crippen molar-refractivity contribution in [1.82, 2.24) is 4.98 Å². The van der Waals surface area contributed by atoms with Gasteiger partial charge >= 0.3 is 5.97 Å². The molecule has 0 saturated carbocycles. The maximum atomic E-state index is 11.1. The lowest BCUT2D eigenvalue weighted by atomic mass is 10.2. The summed E-state index contributed by atoms with van der Waals surface area (Å²) in [5, 5.41) is 12.1. The predicted molar refractivity (Wildman–Crippen MR) is 78.1 cm³/mol. The highest BCUT2D eigenvalue weighted by Gasteiger charge is 2.11. The zero-order chi connectivity index (χ0) is 15.2. The van der Waals surface area contributed by atoms with Crippen molar-refractivity contribution in [3.63, 3.8) is 0 Å². The monoisotopic (exact) mass is 288 g/mol. The number of carbonyl (C=O) groups is 1. The number of methoxy groups -OCH3 is 2. The quantitative estimate of drug-likeness (QED) is 0.849. The fourth-order valence-corrected chi connectivity index (χ4v) is 1.90. The Morgan fingerprint density at radius 3 is 2.76 bits per heavy atom. The van der Waals surface area contributed by atoms with E-state index in [-0.39, 0.29) is 5.56 Å². The van der Waals surface area contributed by atoms with Crippen LogP contribution < -0.4 is 14.8 Å². The number of carboxylic acid groups (broad SMARTS) is 1. The second-order valence-electron chi connectivity index (χ2n) is 4.24. The first kappa shape index (κ1) is 14.6. The molecule has 0 aliphatic rings. The van der Waals surface area contributed by atoms with E-state index in [0.717, 1.165) is 5.56 Å². The van der Waals surface area contributed by atoms with Crippen LogP contribution in [0.4, 0.5) is 5.82 Å². The van der Waals surface area contributed by atoms with E-state index in [1.165, 1.54) is 6.07 Å². The number of anilines is 1. The molecule has 1 aromatic carbocycles. The van der Waals surface area contributed by atoms with E-state index in [1.807, 2.05) is 12.1 Å². The van der Waals surface area contributed by atoms with Gasteiger partial charge in [-0.3, -0.25) is 0 Å². The fraction of sp³-hybridized carbons (Fsp3) is 0.200. The minimum Gasteiger partial charge on any atom is -0.497 e. The Bertz CT molecular complexity index is 643. The zero-order valence-corrected chi connectivity index (χ0v) is 11.8. The number of pyridine rings is 1. The van der Waals surface area contributed by atoms with Crippen LogP contribution in [-0.2, 0) is 6.54 Å². The van der Waals surface area contributed by atoms with Gasteiger partial charge < -0.3 is 19.9 Å². The summed E-state index contributed by atoms with van der Waals surface area (Å²) in [5.41, 5.74) is 1.00. The topological polar surface area (TPSA) is 80.7 Å². The van der Waals surface area contributed by atoms with Gasteiger partial charge in [-0.05, 0) is 24.3 Å². The average Bonchev–Trinajstić information content (AvgIpc) is 2.52. The van der Waals surface area contributed by atoms with Crippen LogP contribution in [-0.4, -0.2) is 30.3 Å². The van der Waals surface area contributed by atoms with Gasteiger partial charge in [0, 0.05) is 24.4 Å². The molecule has 0 amide bonds. The van der Waals surface area contributed by atoms with E-state index in [1.54, 1.807) is 32.5 Å². The smallest absolute Gasteiger partial charge is 0.339 e.